The van der Waals surface area contributed by atoms with Crippen LogP contribution in [0.1, 0.15) is 38.5 Å². The lowest BCUT2D eigenvalue weighted by atomic mass is 10.1. The normalized spacial score (nSPS) is 17.5. The van der Waals surface area contributed by atoms with Crippen LogP contribution in [0.4, 0.5) is 0 Å². The molecular weight excluding hydrogens is 466 g/mol. The fraction of sp³-hybridized carbons (Fsp3) is 0.632. The summed E-state index contributed by atoms with van der Waals surface area (Å²) in [4.78, 5) is 77.1. The molecule has 1 fully saturated rings. The number of aliphatic imine (C=N–C) groups is 1. The van der Waals surface area contributed by atoms with Gasteiger partial charge in [-0.1, -0.05) is 0 Å². The minimum atomic E-state index is -1.44. The second-order valence-electron chi connectivity index (χ2n) is 8.05. The minimum Gasteiger partial charge on any atom is -0.480 e. The molecule has 0 radical (unpaired) electrons. The predicted octanol–water partition coefficient (Wildman–Crippen LogP) is -4.84. The van der Waals surface area contributed by atoms with Crippen LogP contribution < -0.4 is 39.3 Å². The summed E-state index contributed by atoms with van der Waals surface area (Å²) in [7, 11) is 0. The molecule has 35 heavy (non-hydrogen) atoms. The number of primary amides is 2. The molecule has 0 aromatic rings. The number of rotatable bonds is 14. The van der Waals surface area contributed by atoms with Gasteiger partial charge in [0, 0.05) is 13.1 Å². The predicted molar refractivity (Wildman–Crippen MR) is 122 cm³/mol. The van der Waals surface area contributed by atoms with Crippen molar-refractivity contribution in [2.75, 3.05) is 13.1 Å². The van der Waals surface area contributed by atoms with Gasteiger partial charge in [0.2, 0.25) is 29.5 Å². The maximum atomic E-state index is 13.1. The number of likely N-dealkylation sites (tertiary alicyclic amines) is 1. The average molecular weight is 500 g/mol. The van der Waals surface area contributed by atoms with Crippen LogP contribution in [0.3, 0.4) is 0 Å². The topological polar surface area (TPSA) is 292 Å². The van der Waals surface area contributed by atoms with E-state index in [1.807, 2.05) is 0 Å². The first-order chi connectivity index (χ1) is 16.3. The van der Waals surface area contributed by atoms with Crippen LogP contribution in [0, 0.1) is 0 Å². The molecule has 0 spiro atoms. The molecule has 4 unspecified atom stereocenters. The van der Waals surface area contributed by atoms with Crippen molar-refractivity contribution in [3.63, 3.8) is 0 Å². The number of amides is 5. The lowest BCUT2D eigenvalue weighted by Gasteiger charge is -2.29. The summed E-state index contributed by atoms with van der Waals surface area (Å²) in [6.07, 6.45) is -0.0999. The number of hydrogen-bond donors (Lipinski definition) is 8. The van der Waals surface area contributed by atoms with E-state index in [-0.39, 0.29) is 38.3 Å². The number of carbonyl (C=O) groups excluding carboxylic acids is 5. The Morgan fingerprint density at radius 3 is 2.14 bits per heavy atom. The summed E-state index contributed by atoms with van der Waals surface area (Å²) in [5.41, 5.74) is 26.2. The molecule has 16 heteroatoms. The van der Waals surface area contributed by atoms with E-state index in [4.69, 9.17) is 28.7 Å². The fourth-order valence-corrected chi connectivity index (χ4v) is 3.52. The van der Waals surface area contributed by atoms with E-state index in [1.54, 1.807) is 0 Å². The Morgan fingerprint density at radius 2 is 1.60 bits per heavy atom. The van der Waals surface area contributed by atoms with Crippen LogP contribution in [0.25, 0.3) is 0 Å². The van der Waals surface area contributed by atoms with Crippen LogP contribution in [0.2, 0.25) is 0 Å². The highest BCUT2D eigenvalue weighted by atomic mass is 16.4. The summed E-state index contributed by atoms with van der Waals surface area (Å²) in [6, 6.07) is -5.08. The van der Waals surface area contributed by atoms with Crippen LogP contribution >= 0.6 is 0 Å². The Labute approximate surface area is 201 Å². The van der Waals surface area contributed by atoms with Gasteiger partial charge in [-0.05, 0) is 25.7 Å². The lowest BCUT2D eigenvalue weighted by Crippen LogP contribution is -2.57. The number of aliphatic carboxylic acids is 1. The molecule has 1 rings (SSSR count). The minimum absolute atomic E-state index is 0.0383. The van der Waals surface area contributed by atoms with E-state index in [2.05, 4.69) is 15.6 Å². The molecule has 0 aromatic carbocycles. The van der Waals surface area contributed by atoms with E-state index < -0.39 is 72.5 Å². The van der Waals surface area contributed by atoms with Gasteiger partial charge in [0.1, 0.15) is 18.1 Å². The quantitative estimate of drug-likeness (QED) is 0.0640. The fourth-order valence-electron chi connectivity index (χ4n) is 3.52. The second-order valence-corrected chi connectivity index (χ2v) is 8.05. The summed E-state index contributed by atoms with van der Waals surface area (Å²) in [5.74, 6) is -5.56. The first kappa shape index (κ1) is 29.1. The van der Waals surface area contributed by atoms with Gasteiger partial charge in [-0.3, -0.25) is 29.0 Å². The van der Waals surface area contributed by atoms with Crippen molar-refractivity contribution in [3.8, 4) is 0 Å². The molecule has 1 heterocycles. The molecular formula is C19H33N9O7. The van der Waals surface area contributed by atoms with Gasteiger partial charge in [-0.2, -0.15) is 0 Å². The Bertz CT molecular complexity index is 860. The number of nitrogens with one attached hydrogen (secondary N) is 2. The molecule has 0 bridgehead atoms. The molecule has 1 saturated heterocycles. The second kappa shape index (κ2) is 13.7. The third-order valence-electron chi connectivity index (χ3n) is 5.18. The Balaban J connectivity index is 2.91. The average Bonchev–Trinajstić information content (AvgIpc) is 3.23. The van der Waals surface area contributed by atoms with Crippen molar-refractivity contribution in [3.05, 3.63) is 0 Å². The molecule has 196 valence electrons. The number of nitrogens with zero attached hydrogens (tertiary/aromatic N) is 2. The van der Waals surface area contributed by atoms with Crippen LogP contribution in [-0.4, -0.2) is 88.7 Å². The van der Waals surface area contributed by atoms with Crippen molar-refractivity contribution in [2.45, 2.75) is 62.7 Å². The zero-order valence-electron chi connectivity index (χ0n) is 19.1. The lowest BCUT2D eigenvalue weighted by molar-refractivity contribution is -0.145. The van der Waals surface area contributed by atoms with Gasteiger partial charge >= 0.3 is 5.97 Å². The zero-order chi connectivity index (χ0) is 26.7. The molecule has 0 aromatic heterocycles. The standard InChI is InChI=1S/C19H33N9O7/c20-9(7-13(21)29)15(31)27-11(8-14(22)30)17(33)28-6-2-4-12(28)16(32)26-10(18(34)35)3-1-5-25-19(23)24/h9-12H,1-8,20H2,(H2,21,29)(H2,22,30)(H,26,32)(H,27,31)(H,34,35)(H4,23,24,25). The molecule has 0 aliphatic carbocycles. The SMILES string of the molecule is NC(=O)CC(N)C(=O)NC(CC(N)=O)C(=O)N1CCCC1C(=O)NC(CCCN=C(N)N)C(=O)O. The Morgan fingerprint density at radius 1 is 0.971 bits per heavy atom. The van der Waals surface area contributed by atoms with Crippen LogP contribution in [0.5, 0.6) is 0 Å². The highest BCUT2D eigenvalue weighted by Gasteiger charge is 2.39. The van der Waals surface area contributed by atoms with E-state index >= 15 is 0 Å². The van der Waals surface area contributed by atoms with Gasteiger partial charge in [0.05, 0.1) is 18.9 Å². The zero-order valence-corrected chi connectivity index (χ0v) is 19.1. The summed E-state index contributed by atoms with van der Waals surface area (Å²) in [6.45, 7) is 0.292. The Hall–Kier alpha value is -3.95. The van der Waals surface area contributed by atoms with E-state index in [0.717, 1.165) is 4.90 Å². The van der Waals surface area contributed by atoms with Gasteiger partial charge in [0.25, 0.3) is 0 Å². The third kappa shape index (κ3) is 9.83. The van der Waals surface area contributed by atoms with Crippen LogP contribution in [-0.2, 0) is 28.8 Å². The molecule has 0 saturated carbocycles. The van der Waals surface area contributed by atoms with Crippen molar-refractivity contribution in [1.29, 1.82) is 0 Å². The van der Waals surface area contributed by atoms with Crippen molar-refractivity contribution in [2.24, 2.45) is 33.7 Å². The number of guanidine groups is 1. The number of hydrogen-bond acceptors (Lipinski definition) is 8. The maximum absolute atomic E-state index is 13.1. The molecule has 4 atom stereocenters. The van der Waals surface area contributed by atoms with E-state index in [9.17, 15) is 33.9 Å². The Kier molecular flexibility index (Phi) is 11.4. The highest BCUT2D eigenvalue weighted by molar-refractivity contribution is 5.97. The van der Waals surface area contributed by atoms with Crippen molar-refractivity contribution >= 4 is 41.5 Å². The highest BCUT2D eigenvalue weighted by Crippen LogP contribution is 2.20. The molecule has 1 aliphatic heterocycles. The first-order valence-corrected chi connectivity index (χ1v) is 10.8. The van der Waals surface area contributed by atoms with Crippen LogP contribution in [0.15, 0.2) is 4.99 Å². The summed E-state index contributed by atoms with van der Waals surface area (Å²) < 4.78 is 0. The summed E-state index contributed by atoms with van der Waals surface area (Å²) in [5, 5.41) is 14.1. The molecule has 16 nitrogen and oxygen atoms in total. The van der Waals surface area contributed by atoms with Gasteiger partial charge in [-0.15, -0.1) is 0 Å². The molecule has 5 amide bonds. The number of carboxylic acids is 1. The van der Waals surface area contributed by atoms with Gasteiger partial charge in [-0.25, -0.2) is 4.79 Å². The number of carboxylic acid groups (broad SMARTS) is 1. The first-order valence-electron chi connectivity index (χ1n) is 10.8. The summed E-state index contributed by atoms with van der Waals surface area (Å²) >= 11 is 0. The maximum Gasteiger partial charge on any atom is 0.326 e. The van der Waals surface area contributed by atoms with Crippen molar-refractivity contribution in [1.82, 2.24) is 15.5 Å². The number of nitrogens with two attached hydrogens (primary N) is 5. The molecule has 1 aliphatic rings. The third-order valence-corrected chi connectivity index (χ3v) is 5.18. The largest absolute Gasteiger partial charge is 0.480 e. The van der Waals surface area contributed by atoms with Crippen molar-refractivity contribution < 1.29 is 33.9 Å². The van der Waals surface area contributed by atoms with Gasteiger partial charge < -0.3 is 49.3 Å². The smallest absolute Gasteiger partial charge is 0.326 e. The monoisotopic (exact) mass is 499 g/mol. The van der Waals surface area contributed by atoms with E-state index in [1.165, 1.54) is 0 Å². The number of carbonyl (C=O) groups is 6. The molecule has 13 N–H and O–H groups in total. The van der Waals surface area contributed by atoms with Gasteiger partial charge in [0.15, 0.2) is 5.96 Å². The van der Waals surface area contributed by atoms with E-state index in [0.29, 0.717) is 6.42 Å².